The highest BCUT2D eigenvalue weighted by Crippen LogP contribution is 2.36. The van der Waals surface area contributed by atoms with Gasteiger partial charge in [-0.15, -0.1) is 0 Å². The van der Waals surface area contributed by atoms with Crippen LogP contribution < -0.4 is 0 Å². The lowest BCUT2D eigenvalue weighted by Gasteiger charge is -2.15. The van der Waals surface area contributed by atoms with Crippen molar-refractivity contribution in [2.75, 3.05) is 19.2 Å². The van der Waals surface area contributed by atoms with Crippen molar-refractivity contribution in [1.29, 1.82) is 0 Å². The van der Waals surface area contributed by atoms with Gasteiger partial charge in [-0.2, -0.15) is 11.8 Å². The molecule has 0 aliphatic heterocycles. The van der Waals surface area contributed by atoms with E-state index in [0.29, 0.717) is 12.0 Å². The molecule has 0 bridgehead atoms. The molecule has 0 aromatic heterocycles. The van der Waals surface area contributed by atoms with Gasteiger partial charge in [0.25, 0.3) is 0 Å². The predicted octanol–water partition coefficient (Wildman–Crippen LogP) is 8.42. The Morgan fingerprint density at radius 3 is 2.52 bits per heavy atom. The van der Waals surface area contributed by atoms with E-state index in [1.54, 1.807) is 17.8 Å². The average Bonchev–Trinajstić information content (AvgIpc) is 2.94. The number of halogens is 2. The smallest absolute Gasteiger partial charge is 0.153 e. The fourth-order valence-corrected chi connectivity index (χ4v) is 3.86. The van der Waals surface area contributed by atoms with Crippen LogP contribution in [-0.2, 0) is 6.42 Å². The van der Waals surface area contributed by atoms with E-state index in [0.717, 1.165) is 30.4 Å². The summed E-state index contributed by atoms with van der Waals surface area (Å²) >= 11 is 1.75. The molecule has 1 aliphatic carbocycles. The van der Waals surface area contributed by atoms with Crippen LogP contribution in [0.4, 0.5) is 8.78 Å². The number of benzene rings is 2. The number of rotatable bonds is 5. The van der Waals surface area contributed by atoms with E-state index >= 15 is 0 Å². The molecule has 2 aromatic rings. The second kappa shape index (κ2) is 13.3. The monoisotopic (exact) mass is 440 g/mol. The Kier molecular flexibility index (Phi) is 10.8. The summed E-state index contributed by atoms with van der Waals surface area (Å²) in [4.78, 5) is 0. The first-order valence-electron chi connectivity index (χ1n) is 10.9. The zero-order valence-corrected chi connectivity index (χ0v) is 19.9. The maximum atomic E-state index is 14.5. The average molecular weight is 441 g/mol. The lowest BCUT2D eigenvalue weighted by Crippen LogP contribution is -2.09. The third-order valence-electron chi connectivity index (χ3n) is 5.26. The van der Waals surface area contributed by atoms with Crippen LogP contribution >= 0.6 is 11.8 Å². The zero-order valence-electron chi connectivity index (χ0n) is 19.1. The molecular formula is C28H34F2S. The van der Waals surface area contributed by atoms with Crippen LogP contribution in [0.5, 0.6) is 0 Å². The number of allylic oxidation sites excluding steroid dienone is 5. The van der Waals surface area contributed by atoms with Crippen molar-refractivity contribution in [3.8, 4) is 0 Å². The first kappa shape index (κ1) is 25.1. The van der Waals surface area contributed by atoms with Gasteiger partial charge in [0.15, 0.2) is 6.17 Å². The molecule has 0 saturated carbocycles. The standard InChI is InChI=1S/C26H28F2.C2H6S/c1-3-4-11-25(26(28)18-27)22-14-13-21-10-5-6-12-24(21)23(17-22)16-20-9-7-8-19(2)15-20;1-3-2/h4-12,15-16,26H,3,13-14,17-18H2,1-2H3;1-2H3/b11-4-,23-16+,25-22+;. The fraction of sp³-hybridized carbons (Fsp3) is 0.357. The Morgan fingerprint density at radius 2 is 1.84 bits per heavy atom. The second-order valence-corrected chi connectivity index (χ2v) is 8.63. The molecule has 3 heteroatoms. The summed E-state index contributed by atoms with van der Waals surface area (Å²) in [6.45, 7) is 3.11. The maximum Gasteiger partial charge on any atom is 0.153 e. The van der Waals surface area contributed by atoms with Gasteiger partial charge in [-0.05, 0) is 73.0 Å². The molecule has 1 unspecified atom stereocenters. The molecule has 0 N–H and O–H groups in total. The summed E-state index contributed by atoms with van der Waals surface area (Å²) < 4.78 is 27.7. The third-order valence-corrected chi connectivity index (χ3v) is 5.26. The Labute approximate surface area is 191 Å². The summed E-state index contributed by atoms with van der Waals surface area (Å²) in [5, 5.41) is 0. The molecule has 166 valence electrons. The lowest BCUT2D eigenvalue weighted by molar-refractivity contribution is 0.299. The predicted molar refractivity (Wildman–Crippen MR) is 135 cm³/mol. The van der Waals surface area contributed by atoms with E-state index in [-0.39, 0.29) is 0 Å². The molecular weight excluding hydrogens is 406 g/mol. The van der Waals surface area contributed by atoms with Crippen molar-refractivity contribution >= 4 is 23.4 Å². The fourth-order valence-electron chi connectivity index (χ4n) is 3.86. The van der Waals surface area contributed by atoms with Gasteiger partial charge in [0.1, 0.15) is 6.67 Å². The molecule has 0 amide bonds. The van der Waals surface area contributed by atoms with Crippen LogP contribution in [0.3, 0.4) is 0 Å². The van der Waals surface area contributed by atoms with Crippen LogP contribution in [0, 0.1) is 6.92 Å². The number of thioether (sulfide) groups is 1. The third kappa shape index (κ3) is 7.50. The van der Waals surface area contributed by atoms with Gasteiger partial charge >= 0.3 is 0 Å². The van der Waals surface area contributed by atoms with Crippen molar-refractivity contribution in [2.24, 2.45) is 0 Å². The van der Waals surface area contributed by atoms with Gasteiger partial charge in [0.05, 0.1) is 0 Å². The van der Waals surface area contributed by atoms with Crippen LogP contribution in [0.25, 0.3) is 11.6 Å². The molecule has 2 aromatic carbocycles. The Morgan fingerprint density at radius 1 is 1.10 bits per heavy atom. The Balaban J connectivity index is 0.00000107. The van der Waals surface area contributed by atoms with Crippen molar-refractivity contribution in [1.82, 2.24) is 0 Å². The van der Waals surface area contributed by atoms with Gasteiger partial charge < -0.3 is 0 Å². The van der Waals surface area contributed by atoms with E-state index in [2.05, 4.69) is 61.5 Å². The highest BCUT2D eigenvalue weighted by Gasteiger charge is 2.21. The maximum absolute atomic E-state index is 14.5. The highest BCUT2D eigenvalue weighted by molar-refractivity contribution is 7.97. The highest BCUT2D eigenvalue weighted by atomic mass is 32.2. The van der Waals surface area contributed by atoms with E-state index in [1.807, 2.05) is 25.5 Å². The van der Waals surface area contributed by atoms with Crippen molar-refractivity contribution in [3.63, 3.8) is 0 Å². The summed E-state index contributed by atoms with van der Waals surface area (Å²) in [7, 11) is 0. The quantitative estimate of drug-likeness (QED) is 0.420. The van der Waals surface area contributed by atoms with E-state index in [1.165, 1.54) is 22.3 Å². The minimum atomic E-state index is -1.56. The molecule has 1 aliphatic rings. The van der Waals surface area contributed by atoms with Gasteiger partial charge in [-0.1, -0.05) is 84.8 Å². The summed E-state index contributed by atoms with van der Waals surface area (Å²) in [6, 6.07) is 16.8. The van der Waals surface area contributed by atoms with Gasteiger partial charge in [-0.3, -0.25) is 0 Å². The van der Waals surface area contributed by atoms with Gasteiger partial charge in [0.2, 0.25) is 0 Å². The summed E-state index contributed by atoms with van der Waals surface area (Å²) in [5.74, 6) is 0. The summed E-state index contributed by atoms with van der Waals surface area (Å²) in [6.07, 6.45) is 11.5. The topological polar surface area (TPSA) is 0 Å². The van der Waals surface area contributed by atoms with Crippen LogP contribution in [0.2, 0.25) is 0 Å². The molecule has 0 nitrogen and oxygen atoms in total. The first-order valence-corrected chi connectivity index (χ1v) is 12.5. The molecule has 31 heavy (non-hydrogen) atoms. The molecule has 0 radical (unpaired) electrons. The first-order chi connectivity index (χ1) is 15.0. The van der Waals surface area contributed by atoms with Crippen LogP contribution in [0.15, 0.2) is 71.8 Å². The molecule has 0 fully saturated rings. The van der Waals surface area contributed by atoms with Crippen molar-refractivity contribution in [3.05, 3.63) is 94.1 Å². The number of aryl methyl sites for hydroxylation is 2. The number of hydrogen-bond donors (Lipinski definition) is 0. The molecule has 1 atom stereocenters. The molecule has 0 saturated heterocycles. The van der Waals surface area contributed by atoms with E-state index in [9.17, 15) is 8.78 Å². The van der Waals surface area contributed by atoms with E-state index < -0.39 is 12.8 Å². The molecule has 0 heterocycles. The lowest BCUT2D eigenvalue weighted by atomic mass is 9.92. The minimum Gasteiger partial charge on any atom is -0.248 e. The van der Waals surface area contributed by atoms with E-state index in [4.69, 9.17) is 0 Å². The normalized spacial score (nSPS) is 17.5. The van der Waals surface area contributed by atoms with Gasteiger partial charge in [0, 0.05) is 0 Å². The van der Waals surface area contributed by atoms with Crippen molar-refractivity contribution in [2.45, 2.75) is 45.7 Å². The number of alkyl halides is 2. The second-order valence-electron chi connectivity index (χ2n) is 7.82. The Bertz CT molecular complexity index is 924. The minimum absolute atomic E-state index is 0.521. The number of fused-ring (bicyclic) bond motifs is 1. The number of hydrogen-bond acceptors (Lipinski definition) is 1. The largest absolute Gasteiger partial charge is 0.248 e. The van der Waals surface area contributed by atoms with Crippen LogP contribution in [0.1, 0.15) is 48.4 Å². The van der Waals surface area contributed by atoms with Crippen LogP contribution in [-0.4, -0.2) is 25.4 Å². The van der Waals surface area contributed by atoms with Crippen molar-refractivity contribution < 1.29 is 8.78 Å². The summed E-state index contributed by atoms with van der Waals surface area (Å²) in [5.41, 5.74) is 7.53. The molecule has 3 rings (SSSR count). The van der Waals surface area contributed by atoms with Gasteiger partial charge in [-0.25, -0.2) is 8.78 Å². The SMILES string of the molecule is CC/C=C\C(=C1\CCc2ccccc2/C(=C/c2cccc(C)c2)C1)C(F)CF.CSC. The Hall–Kier alpha value is -2.13. The molecule has 0 spiro atoms. The zero-order chi connectivity index (χ0) is 22.6.